The van der Waals surface area contributed by atoms with E-state index < -0.39 is 23.2 Å². The van der Waals surface area contributed by atoms with Gasteiger partial charge in [-0.1, -0.05) is 12.1 Å². The summed E-state index contributed by atoms with van der Waals surface area (Å²) in [4.78, 5) is 16.1. The minimum Gasteiger partial charge on any atom is -0.319 e. The fourth-order valence-corrected chi connectivity index (χ4v) is 2.06. The van der Waals surface area contributed by atoms with Crippen molar-refractivity contribution < 1.29 is 18.0 Å². The molecule has 8 heteroatoms. The van der Waals surface area contributed by atoms with E-state index in [1.807, 2.05) is 0 Å². The van der Waals surface area contributed by atoms with Crippen molar-refractivity contribution in [2.75, 3.05) is 5.32 Å². The molecule has 0 aliphatic heterocycles. The topological polar surface area (TPSA) is 59.3 Å². The van der Waals surface area contributed by atoms with Crippen molar-refractivity contribution >= 4 is 17.2 Å². The monoisotopic (exact) mass is 306 g/mol. The molecule has 2 heterocycles. The van der Waals surface area contributed by atoms with E-state index in [1.54, 1.807) is 12.3 Å². The molecule has 112 valence electrons. The van der Waals surface area contributed by atoms with Crippen molar-refractivity contribution in [1.82, 2.24) is 14.6 Å². The van der Waals surface area contributed by atoms with Crippen LogP contribution >= 0.6 is 0 Å². The van der Waals surface area contributed by atoms with Gasteiger partial charge in [-0.3, -0.25) is 4.79 Å². The number of carbonyl (C=O) groups is 1. The molecule has 0 aliphatic rings. The van der Waals surface area contributed by atoms with Crippen LogP contribution in [-0.2, 0) is 6.18 Å². The fourth-order valence-electron chi connectivity index (χ4n) is 2.06. The first-order chi connectivity index (χ1) is 10.5. The third-order valence-electron chi connectivity index (χ3n) is 3.03. The van der Waals surface area contributed by atoms with E-state index in [0.717, 1.165) is 12.1 Å². The van der Waals surface area contributed by atoms with Crippen LogP contribution in [-0.4, -0.2) is 20.5 Å². The lowest BCUT2D eigenvalue weighted by Gasteiger charge is -2.12. The van der Waals surface area contributed by atoms with Crippen LogP contribution in [0.5, 0.6) is 0 Å². The van der Waals surface area contributed by atoms with Gasteiger partial charge in [-0.05, 0) is 24.3 Å². The average molecular weight is 306 g/mol. The minimum absolute atomic E-state index is 0.280. The highest BCUT2D eigenvalue weighted by Gasteiger charge is 2.34. The van der Waals surface area contributed by atoms with E-state index in [-0.39, 0.29) is 5.69 Å². The quantitative estimate of drug-likeness (QED) is 0.792. The van der Waals surface area contributed by atoms with Gasteiger partial charge in [0.2, 0.25) is 0 Å². The van der Waals surface area contributed by atoms with E-state index in [2.05, 4.69) is 15.4 Å². The van der Waals surface area contributed by atoms with Crippen LogP contribution in [0, 0.1) is 0 Å². The molecule has 0 atom stereocenters. The van der Waals surface area contributed by atoms with Crippen LogP contribution in [0.2, 0.25) is 0 Å². The van der Waals surface area contributed by atoms with E-state index in [0.29, 0.717) is 5.65 Å². The molecule has 0 saturated carbocycles. The number of alkyl halides is 3. The van der Waals surface area contributed by atoms with Crippen molar-refractivity contribution in [3.63, 3.8) is 0 Å². The Morgan fingerprint density at radius 1 is 1.14 bits per heavy atom. The lowest BCUT2D eigenvalue weighted by atomic mass is 10.1. The third kappa shape index (κ3) is 2.50. The number of hydrogen-bond donors (Lipinski definition) is 1. The van der Waals surface area contributed by atoms with Gasteiger partial charge < -0.3 is 5.32 Å². The van der Waals surface area contributed by atoms with Crippen molar-refractivity contribution in [1.29, 1.82) is 0 Å². The molecule has 1 N–H and O–H groups in total. The molecule has 1 aromatic carbocycles. The molecule has 0 radical (unpaired) electrons. The number of hydrogen-bond acceptors (Lipinski definition) is 3. The number of halogens is 3. The predicted octanol–water partition coefficient (Wildman–Crippen LogP) is 3.00. The molecular formula is C14H9F3N4O. The number of nitrogens with one attached hydrogen (secondary N) is 1. The zero-order chi connectivity index (χ0) is 15.7. The van der Waals surface area contributed by atoms with Gasteiger partial charge >= 0.3 is 6.18 Å². The second kappa shape index (κ2) is 5.14. The molecule has 1 amide bonds. The summed E-state index contributed by atoms with van der Waals surface area (Å²) in [7, 11) is 0. The van der Waals surface area contributed by atoms with Crippen molar-refractivity contribution in [3.05, 3.63) is 60.0 Å². The molecule has 2 aromatic heterocycles. The molecule has 0 aliphatic carbocycles. The Kier molecular flexibility index (Phi) is 3.28. The van der Waals surface area contributed by atoms with E-state index in [1.165, 1.54) is 29.0 Å². The smallest absolute Gasteiger partial charge is 0.319 e. The second-order valence-corrected chi connectivity index (χ2v) is 4.45. The number of anilines is 1. The summed E-state index contributed by atoms with van der Waals surface area (Å²) in [6.07, 6.45) is -1.70. The van der Waals surface area contributed by atoms with Gasteiger partial charge in [-0.25, -0.2) is 9.50 Å². The summed E-state index contributed by atoms with van der Waals surface area (Å²) in [6.45, 7) is 0. The Balaban J connectivity index is 1.98. The van der Waals surface area contributed by atoms with Gasteiger partial charge in [0.15, 0.2) is 5.65 Å². The van der Waals surface area contributed by atoms with Crippen LogP contribution < -0.4 is 5.32 Å². The van der Waals surface area contributed by atoms with Gasteiger partial charge in [0.25, 0.3) is 5.91 Å². The highest BCUT2D eigenvalue weighted by atomic mass is 19.4. The molecule has 0 spiro atoms. The number of rotatable bonds is 2. The third-order valence-corrected chi connectivity index (χ3v) is 3.03. The van der Waals surface area contributed by atoms with Crippen LogP contribution in [0.15, 0.2) is 48.9 Å². The van der Waals surface area contributed by atoms with Crippen molar-refractivity contribution in [2.45, 2.75) is 6.18 Å². The SMILES string of the molecule is O=C(Nc1cccn2ncnc12)c1ccccc1C(F)(F)F. The first kappa shape index (κ1) is 14.1. The normalized spacial score (nSPS) is 11.6. The number of carbonyl (C=O) groups excluding carboxylic acids is 1. The van der Waals surface area contributed by atoms with Gasteiger partial charge in [0.1, 0.15) is 6.33 Å². The fraction of sp³-hybridized carbons (Fsp3) is 0.0714. The Morgan fingerprint density at radius 3 is 2.68 bits per heavy atom. The molecule has 22 heavy (non-hydrogen) atoms. The van der Waals surface area contributed by atoms with Crippen molar-refractivity contribution in [3.8, 4) is 0 Å². The van der Waals surface area contributed by atoms with E-state index in [9.17, 15) is 18.0 Å². The number of fused-ring (bicyclic) bond motifs is 1. The average Bonchev–Trinajstić information content (AvgIpc) is 2.96. The van der Waals surface area contributed by atoms with Gasteiger partial charge in [0.05, 0.1) is 16.8 Å². The van der Waals surface area contributed by atoms with E-state index in [4.69, 9.17) is 0 Å². The molecule has 0 fully saturated rings. The summed E-state index contributed by atoms with van der Waals surface area (Å²) in [5, 5.41) is 6.33. The number of benzene rings is 1. The molecule has 0 unspecified atom stereocenters. The van der Waals surface area contributed by atoms with Gasteiger partial charge in [-0.15, -0.1) is 0 Å². The standard InChI is InChI=1S/C14H9F3N4O/c15-14(16,17)10-5-2-1-4-9(10)13(22)20-11-6-3-7-21-12(11)18-8-19-21/h1-8H,(H,20,22). The zero-order valence-electron chi connectivity index (χ0n) is 11.0. The second-order valence-electron chi connectivity index (χ2n) is 4.45. The largest absolute Gasteiger partial charge is 0.417 e. The van der Waals surface area contributed by atoms with Crippen molar-refractivity contribution in [2.24, 2.45) is 0 Å². The van der Waals surface area contributed by atoms with Crippen LogP contribution in [0.25, 0.3) is 5.65 Å². The number of amides is 1. The van der Waals surface area contributed by atoms with Crippen LogP contribution in [0.1, 0.15) is 15.9 Å². The van der Waals surface area contributed by atoms with Crippen LogP contribution in [0.4, 0.5) is 18.9 Å². The highest BCUT2D eigenvalue weighted by Crippen LogP contribution is 2.32. The first-order valence-electron chi connectivity index (χ1n) is 6.23. The molecular weight excluding hydrogens is 297 g/mol. The van der Waals surface area contributed by atoms with Gasteiger partial charge in [0, 0.05) is 6.20 Å². The molecule has 3 aromatic rings. The summed E-state index contributed by atoms with van der Waals surface area (Å²) in [6, 6.07) is 7.75. The highest BCUT2D eigenvalue weighted by molar-refractivity contribution is 6.07. The Bertz CT molecular complexity index is 841. The predicted molar refractivity (Wildman–Crippen MR) is 72.4 cm³/mol. The summed E-state index contributed by atoms with van der Waals surface area (Å²) in [5.74, 6) is -0.857. The Morgan fingerprint density at radius 2 is 1.91 bits per heavy atom. The van der Waals surface area contributed by atoms with E-state index >= 15 is 0 Å². The maximum absolute atomic E-state index is 12.9. The van der Waals surface area contributed by atoms with Crippen LogP contribution in [0.3, 0.4) is 0 Å². The summed E-state index contributed by atoms with van der Waals surface area (Å²) in [5.41, 5.74) is -0.806. The number of nitrogens with zero attached hydrogens (tertiary/aromatic N) is 3. The number of pyridine rings is 1. The first-order valence-corrected chi connectivity index (χ1v) is 6.23. The molecule has 0 bridgehead atoms. The number of aromatic nitrogens is 3. The minimum atomic E-state index is -4.60. The Labute approximate surface area is 122 Å². The summed E-state index contributed by atoms with van der Waals surface area (Å²) < 4.78 is 40.2. The Hall–Kier alpha value is -2.90. The molecule has 3 rings (SSSR count). The van der Waals surface area contributed by atoms with Gasteiger partial charge in [-0.2, -0.15) is 18.3 Å². The maximum Gasteiger partial charge on any atom is 0.417 e. The molecule has 0 saturated heterocycles. The summed E-state index contributed by atoms with van der Waals surface area (Å²) >= 11 is 0. The lowest BCUT2D eigenvalue weighted by molar-refractivity contribution is -0.137. The molecule has 5 nitrogen and oxygen atoms in total. The lowest BCUT2D eigenvalue weighted by Crippen LogP contribution is -2.19. The zero-order valence-corrected chi connectivity index (χ0v) is 11.0. The maximum atomic E-state index is 12.9.